The van der Waals surface area contributed by atoms with Crippen LogP contribution in [-0.4, -0.2) is 0 Å². The second-order valence-electron chi connectivity index (χ2n) is 4.48. The van der Waals surface area contributed by atoms with Gasteiger partial charge in [0.15, 0.2) is 0 Å². The highest BCUT2D eigenvalue weighted by molar-refractivity contribution is 7.11. The van der Waals surface area contributed by atoms with Crippen LogP contribution in [0.4, 0.5) is 4.39 Å². The Morgan fingerprint density at radius 3 is 2.58 bits per heavy atom. The van der Waals surface area contributed by atoms with Crippen molar-refractivity contribution in [2.45, 2.75) is 32.9 Å². The van der Waals surface area contributed by atoms with E-state index in [1.165, 1.54) is 10.9 Å². The van der Waals surface area contributed by atoms with Crippen molar-refractivity contribution in [3.05, 3.63) is 51.5 Å². The number of halogens is 1. The fraction of sp³-hybridized carbons (Fsp3) is 0.333. The van der Waals surface area contributed by atoms with E-state index < -0.39 is 0 Å². The molecule has 1 atom stereocenters. The van der Waals surface area contributed by atoms with E-state index in [9.17, 15) is 4.39 Å². The Morgan fingerprint density at radius 2 is 2.00 bits per heavy atom. The maximum atomic E-state index is 13.7. The van der Waals surface area contributed by atoms with Crippen molar-refractivity contribution in [2.24, 2.45) is 5.73 Å². The lowest BCUT2D eigenvalue weighted by Gasteiger charge is -2.09. The van der Waals surface area contributed by atoms with Crippen molar-refractivity contribution < 1.29 is 9.13 Å². The summed E-state index contributed by atoms with van der Waals surface area (Å²) in [6.45, 7) is 4.36. The predicted molar refractivity (Wildman–Crippen MR) is 77.0 cm³/mol. The fourth-order valence-corrected chi connectivity index (χ4v) is 2.68. The van der Waals surface area contributed by atoms with Gasteiger partial charge in [0.2, 0.25) is 0 Å². The molecule has 2 nitrogen and oxygen atoms in total. The zero-order chi connectivity index (χ0) is 13.8. The zero-order valence-electron chi connectivity index (χ0n) is 11.2. The molecule has 0 fully saturated rings. The molecule has 2 aromatic rings. The van der Waals surface area contributed by atoms with Crippen LogP contribution in [0.5, 0.6) is 5.75 Å². The van der Waals surface area contributed by atoms with Gasteiger partial charge >= 0.3 is 0 Å². The monoisotopic (exact) mass is 279 g/mol. The van der Waals surface area contributed by atoms with Crippen molar-refractivity contribution in [3.8, 4) is 5.75 Å². The molecule has 0 aliphatic rings. The number of thiophene rings is 1. The summed E-state index contributed by atoms with van der Waals surface area (Å²) in [5, 5.41) is 0. The summed E-state index contributed by atoms with van der Waals surface area (Å²) < 4.78 is 19.3. The van der Waals surface area contributed by atoms with E-state index in [0.717, 1.165) is 11.3 Å². The predicted octanol–water partition coefficient (Wildman–Crippen LogP) is 4.05. The van der Waals surface area contributed by atoms with Crippen LogP contribution in [0.1, 0.15) is 35.2 Å². The molecule has 1 aromatic heterocycles. The molecular weight excluding hydrogens is 261 g/mol. The van der Waals surface area contributed by atoms with E-state index in [0.29, 0.717) is 17.9 Å². The topological polar surface area (TPSA) is 35.2 Å². The molecule has 0 spiro atoms. The van der Waals surface area contributed by atoms with Gasteiger partial charge in [0.1, 0.15) is 18.2 Å². The van der Waals surface area contributed by atoms with Crippen LogP contribution in [0, 0.1) is 5.82 Å². The van der Waals surface area contributed by atoms with Crippen molar-refractivity contribution >= 4 is 11.3 Å². The Morgan fingerprint density at radius 1 is 1.26 bits per heavy atom. The van der Waals surface area contributed by atoms with Crippen LogP contribution in [0.15, 0.2) is 30.3 Å². The van der Waals surface area contributed by atoms with Gasteiger partial charge in [-0.05, 0) is 31.5 Å². The van der Waals surface area contributed by atoms with Gasteiger partial charge in [-0.15, -0.1) is 11.3 Å². The second-order valence-corrected chi connectivity index (χ2v) is 5.74. The number of benzene rings is 1. The van der Waals surface area contributed by atoms with Crippen LogP contribution in [0.2, 0.25) is 0 Å². The van der Waals surface area contributed by atoms with E-state index in [2.05, 4.69) is 19.1 Å². The smallest absolute Gasteiger partial charge is 0.131 e. The van der Waals surface area contributed by atoms with E-state index in [1.807, 2.05) is 0 Å². The van der Waals surface area contributed by atoms with Crippen LogP contribution in [0.3, 0.4) is 0 Å². The summed E-state index contributed by atoms with van der Waals surface area (Å²) in [5.74, 6) is 0.223. The van der Waals surface area contributed by atoms with Gasteiger partial charge in [0.05, 0.1) is 0 Å². The molecule has 0 amide bonds. The summed E-state index contributed by atoms with van der Waals surface area (Å²) in [6, 6.07) is 8.68. The number of nitrogens with two attached hydrogens (primary N) is 1. The quantitative estimate of drug-likeness (QED) is 0.896. The van der Waals surface area contributed by atoms with Crippen LogP contribution >= 0.6 is 11.3 Å². The van der Waals surface area contributed by atoms with E-state index >= 15 is 0 Å². The molecule has 0 radical (unpaired) electrons. The van der Waals surface area contributed by atoms with Crippen molar-refractivity contribution in [1.82, 2.24) is 0 Å². The van der Waals surface area contributed by atoms with Gasteiger partial charge in [-0.25, -0.2) is 4.39 Å². The van der Waals surface area contributed by atoms with Gasteiger partial charge in [0.25, 0.3) is 0 Å². The molecule has 2 N–H and O–H groups in total. The lowest BCUT2D eigenvalue weighted by Crippen LogP contribution is -2.07. The second kappa shape index (κ2) is 6.17. The number of hydrogen-bond donors (Lipinski definition) is 1. The first-order valence-electron chi connectivity index (χ1n) is 6.35. The number of aryl methyl sites for hydroxylation is 1. The third-order valence-electron chi connectivity index (χ3n) is 2.91. The fourth-order valence-electron chi connectivity index (χ4n) is 1.81. The first kappa shape index (κ1) is 14.0. The third kappa shape index (κ3) is 3.55. The molecule has 1 aromatic carbocycles. The van der Waals surface area contributed by atoms with Crippen LogP contribution < -0.4 is 10.5 Å². The van der Waals surface area contributed by atoms with Gasteiger partial charge in [-0.2, -0.15) is 0 Å². The highest BCUT2D eigenvalue weighted by Gasteiger charge is 2.08. The lowest BCUT2D eigenvalue weighted by molar-refractivity contribution is 0.308. The minimum absolute atomic E-state index is 0.307. The summed E-state index contributed by atoms with van der Waals surface area (Å²) in [7, 11) is 0. The molecule has 0 unspecified atom stereocenters. The zero-order valence-corrected chi connectivity index (χ0v) is 12.0. The van der Waals surface area contributed by atoms with Crippen molar-refractivity contribution in [1.29, 1.82) is 0 Å². The van der Waals surface area contributed by atoms with Gasteiger partial charge in [-0.3, -0.25) is 0 Å². The Hall–Kier alpha value is -1.39. The lowest BCUT2D eigenvalue weighted by atomic mass is 10.1. The molecule has 19 heavy (non-hydrogen) atoms. The molecule has 4 heteroatoms. The Balaban J connectivity index is 2.01. The van der Waals surface area contributed by atoms with Crippen molar-refractivity contribution in [2.75, 3.05) is 0 Å². The van der Waals surface area contributed by atoms with Gasteiger partial charge in [-0.1, -0.05) is 13.0 Å². The average Bonchev–Trinajstić information content (AvgIpc) is 2.84. The molecule has 0 aliphatic carbocycles. The molecule has 0 bridgehead atoms. The van der Waals surface area contributed by atoms with E-state index in [-0.39, 0.29) is 11.9 Å². The standard InChI is InChI=1S/C15H18FNOS/c1-3-12-5-6-13(19-12)9-18-11-4-7-14(10(2)17)15(16)8-11/h4-8,10H,3,9,17H2,1-2H3/t10-/m1/s1. The van der Waals surface area contributed by atoms with Crippen LogP contribution in [-0.2, 0) is 13.0 Å². The normalized spacial score (nSPS) is 12.4. The number of ether oxygens (including phenoxy) is 1. The SMILES string of the molecule is CCc1ccc(COc2ccc([C@@H](C)N)c(F)c2)s1. The highest BCUT2D eigenvalue weighted by Crippen LogP contribution is 2.23. The molecule has 1 heterocycles. The molecule has 0 saturated heterocycles. The minimum Gasteiger partial charge on any atom is -0.488 e. The maximum Gasteiger partial charge on any atom is 0.131 e. The Bertz CT molecular complexity index is 551. The minimum atomic E-state index is -0.312. The Labute approximate surface area is 117 Å². The Kier molecular flexibility index (Phi) is 4.56. The van der Waals surface area contributed by atoms with E-state index in [4.69, 9.17) is 10.5 Å². The molecule has 0 saturated carbocycles. The summed E-state index contributed by atoms with van der Waals surface area (Å²) in [6.07, 6.45) is 1.03. The first-order valence-corrected chi connectivity index (χ1v) is 7.17. The van der Waals surface area contributed by atoms with Gasteiger partial charge in [0, 0.05) is 27.4 Å². The largest absolute Gasteiger partial charge is 0.488 e. The summed E-state index contributed by atoms with van der Waals surface area (Å²) in [4.78, 5) is 2.48. The summed E-state index contributed by atoms with van der Waals surface area (Å²) in [5.41, 5.74) is 6.18. The molecular formula is C15H18FNOS. The molecule has 0 aliphatic heterocycles. The third-order valence-corrected chi connectivity index (χ3v) is 4.11. The number of hydrogen-bond acceptors (Lipinski definition) is 3. The molecule has 2 rings (SSSR count). The maximum absolute atomic E-state index is 13.7. The number of rotatable bonds is 5. The average molecular weight is 279 g/mol. The van der Waals surface area contributed by atoms with Crippen LogP contribution in [0.25, 0.3) is 0 Å². The van der Waals surface area contributed by atoms with E-state index in [1.54, 1.807) is 30.4 Å². The highest BCUT2D eigenvalue weighted by atomic mass is 32.1. The summed E-state index contributed by atoms with van der Waals surface area (Å²) >= 11 is 1.73. The van der Waals surface area contributed by atoms with Gasteiger partial charge < -0.3 is 10.5 Å². The molecule has 102 valence electrons. The first-order chi connectivity index (χ1) is 9.10. The van der Waals surface area contributed by atoms with Crippen molar-refractivity contribution in [3.63, 3.8) is 0 Å².